The van der Waals surface area contributed by atoms with Crippen molar-refractivity contribution in [2.75, 3.05) is 11.4 Å². The molecule has 0 aromatic heterocycles. The highest BCUT2D eigenvalue weighted by molar-refractivity contribution is 9.09. The predicted molar refractivity (Wildman–Crippen MR) is 84.0 cm³/mol. The van der Waals surface area contributed by atoms with Gasteiger partial charge in [-0.05, 0) is 42.4 Å². The van der Waals surface area contributed by atoms with E-state index in [0.717, 1.165) is 25.1 Å². The van der Waals surface area contributed by atoms with E-state index in [1.165, 1.54) is 17.5 Å². The Morgan fingerprint density at radius 3 is 2.79 bits per heavy atom. The van der Waals surface area contributed by atoms with Crippen molar-refractivity contribution < 1.29 is 4.79 Å². The molecule has 0 N–H and O–H groups in total. The Bertz CT molecular complexity index is 470. The Labute approximate surface area is 124 Å². The van der Waals surface area contributed by atoms with Gasteiger partial charge < -0.3 is 4.90 Å². The Hall–Kier alpha value is -0.830. The third-order valence-electron chi connectivity index (χ3n) is 3.60. The number of hydrogen-bond acceptors (Lipinski definition) is 1. The van der Waals surface area contributed by atoms with Crippen LogP contribution in [0.15, 0.2) is 18.2 Å². The van der Waals surface area contributed by atoms with Gasteiger partial charge in [0.25, 0.3) is 0 Å². The summed E-state index contributed by atoms with van der Waals surface area (Å²) in [5, 5.41) is 0. The fourth-order valence-corrected chi connectivity index (χ4v) is 3.88. The van der Waals surface area contributed by atoms with E-state index in [0.29, 0.717) is 10.7 Å². The Balaban J connectivity index is 2.08. The fraction of sp³-hybridized carbons (Fsp3) is 0.562. The molecule has 2 rings (SSSR count). The maximum atomic E-state index is 11.5. The number of rotatable bonds is 4. The number of nitrogens with zero attached hydrogens (tertiary/aromatic N) is 1. The van der Waals surface area contributed by atoms with Crippen molar-refractivity contribution in [1.29, 1.82) is 0 Å². The number of hydrogen-bond donors (Lipinski definition) is 0. The van der Waals surface area contributed by atoms with Gasteiger partial charge in [-0.25, -0.2) is 0 Å². The molecule has 0 fully saturated rings. The van der Waals surface area contributed by atoms with E-state index >= 15 is 0 Å². The van der Waals surface area contributed by atoms with Crippen LogP contribution in [-0.4, -0.2) is 17.3 Å². The van der Waals surface area contributed by atoms with Crippen LogP contribution in [0.5, 0.6) is 0 Å². The summed E-state index contributed by atoms with van der Waals surface area (Å²) in [6.45, 7) is 6.97. The van der Waals surface area contributed by atoms with E-state index < -0.39 is 0 Å². The molecule has 0 spiro atoms. The van der Waals surface area contributed by atoms with Gasteiger partial charge in [0.05, 0.1) is 0 Å². The number of carbonyl (C=O) groups excluding carboxylic acids is 1. The lowest BCUT2D eigenvalue weighted by molar-refractivity contribution is -0.116. The minimum atomic E-state index is 0.143. The van der Waals surface area contributed by atoms with Gasteiger partial charge in [0.15, 0.2) is 0 Å². The van der Waals surface area contributed by atoms with Crippen molar-refractivity contribution >= 4 is 27.5 Å². The Morgan fingerprint density at radius 1 is 1.42 bits per heavy atom. The lowest BCUT2D eigenvalue weighted by Crippen LogP contribution is -2.25. The first-order valence-electron chi connectivity index (χ1n) is 7.01. The molecule has 1 aromatic rings. The van der Waals surface area contributed by atoms with Crippen LogP contribution in [0.3, 0.4) is 0 Å². The largest absolute Gasteiger partial charge is 0.312 e. The van der Waals surface area contributed by atoms with E-state index in [4.69, 9.17) is 0 Å². The molecule has 0 aliphatic carbocycles. The molecule has 1 atom stereocenters. The lowest BCUT2D eigenvalue weighted by atomic mass is 10.0. The van der Waals surface area contributed by atoms with Gasteiger partial charge in [0.2, 0.25) is 5.91 Å². The zero-order chi connectivity index (χ0) is 14.0. The molecule has 1 aliphatic heterocycles. The number of carbonyl (C=O) groups is 1. The van der Waals surface area contributed by atoms with Crippen LogP contribution in [0.2, 0.25) is 0 Å². The van der Waals surface area contributed by atoms with Crippen molar-refractivity contribution in [2.24, 2.45) is 5.92 Å². The highest BCUT2D eigenvalue weighted by Gasteiger charge is 2.22. The summed E-state index contributed by atoms with van der Waals surface area (Å²) >= 11 is 3.77. The summed E-state index contributed by atoms with van der Waals surface area (Å²) in [4.78, 5) is 13.9. The van der Waals surface area contributed by atoms with Crippen molar-refractivity contribution in [2.45, 2.75) is 44.9 Å². The average Bonchev–Trinajstić information content (AvgIpc) is 2.70. The second-order valence-electron chi connectivity index (χ2n) is 5.81. The third kappa shape index (κ3) is 3.59. The predicted octanol–water partition coefficient (Wildman–Crippen LogP) is 3.95. The van der Waals surface area contributed by atoms with Gasteiger partial charge in [-0.15, -0.1) is 0 Å². The van der Waals surface area contributed by atoms with Crippen molar-refractivity contribution in [1.82, 2.24) is 0 Å². The first kappa shape index (κ1) is 14.6. The van der Waals surface area contributed by atoms with Crippen LogP contribution in [0.25, 0.3) is 0 Å². The SMILES string of the molecule is CC(=O)N1CCc2cc(CC(Br)CC(C)C)ccc21. The zero-order valence-corrected chi connectivity index (χ0v) is 13.5. The minimum absolute atomic E-state index is 0.143. The number of alkyl halides is 1. The molecule has 1 heterocycles. The van der Waals surface area contributed by atoms with E-state index in [1.54, 1.807) is 6.92 Å². The minimum Gasteiger partial charge on any atom is -0.312 e. The summed E-state index contributed by atoms with van der Waals surface area (Å²) in [5.41, 5.74) is 3.79. The number of benzene rings is 1. The molecule has 3 heteroatoms. The average molecular weight is 324 g/mol. The molecule has 0 bridgehead atoms. The molecule has 0 saturated heterocycles. The molecule has 104 valence electrons. The summed E-state index contributed by atoms with van der Waals surface area (Å²) in [6, 6.07) is 6.54. The molecule has 2 nitrogen and oxygen atoms in total. The number of fused-ring (bicyclic) bond motifs is 1. The van der Waals surface area contributed by atoms with Gasteiger partial charge >= 0.3 is 0 Å². The van der Waals surface area contributed by atoms with E-state index in [2.05, 4.69) is 48.0 Å². The number of amides is 1. The van der Waals surface area contributed by atoms with E-state index in [9.17, 15) is 4.79 Å². The van der Waals surface area contributed by atoms with Crippen LogP contribution in [0.4, 0.5) is 5.69 Å². The molecular weight excluding hydrogens is 302 g/mol. The van der Waals surface area contributed by atoms with Crippen LogP contribution in [0.1, 0.15) is 38.3 Å². The molecule has 0 radical (unpaired) electrons. The number of halogens is 1. The first-order chi connectivity index (χ1) is 8.97. The molecule has 1 aromatic carbocycles. The van der Waals surface area contributed by atoms with Crippen LogP contribution >= 0.6 is 15.9 Å². The quantitative estimate of drug-likeness (QED) is 0.768. The Morgan fingerprint density at radius 2 is 2.16 bits per heavy atom. The van der Waals surface area contributed by atoms with Gasteiger partial charge in [-0.2, -0.15) is 0 Å². The number of anilines is 1. The second kappa shape index (κ2) is 6.08. The first-order valence-corrected chi connectivity index (χ1v) is 7.93. The second-order valence-corrected chi connectivity index (χ2v) is 7.11. The summed E-state index contributed by atoms with van der Waals surface area (Å²) < 4.78 is 0. The molecule has 1 unspecified atom stereocenters. The van der Waals surface area contributed by atoms with Crippen molar-refractivity contribution in [3.8, 4) is 0 Å². The Kier molecular flexibility index (Phi) is 4.67. The van der Waals surface area contributed by atoms with Gasteiger partial charge in [0, 0.05) is 24.0 Å². The van der Waals surface area contributed by atoms with Gasteiger partial charge in [0.1, 0.15) is 0 Å². The lowest BCUT2D eigenvalue weighted by Gasteiger charge is -2.16. The highest BCUT2D eigenvalue weighted by atomic mass is 79.9. The molecular formula is C16H22BrNO. The molecule has 1 amide bonds. The summed E-state index contributed by atoms with van der Waals surface area (Å²) in [7, 11) is 0. The van der Waals surface area contributed by atoms with Gasteiger partial charge in [-0.3, -0.25) is 4.79 Å². The smallest absolute Gasteiger partial charge is 0.223 e. The van der Waals surface area contributed by atoms with Gasteiger partial charge in [-0.1, -0.05) is 41.9 Å². The maximum Gasteiger partial charge on any atom is 0.223 e. The van der Waals surface area contributed by atoms with E-state index in [1.807, 2.05) is 4.90 Å². The van der Waals surface area contributed by atoms with E-state index in [-0.39, 0.29) is 5.91 Å². The standard InChI is InChI=1S/C16H22BrNO/c1-11(2)8-15(17)10-13-4-5-16-14(9-13)6-7-18(16)12(3)19/h4-5,9,11,15H,6-8,10H2,1-3H3. The highest BCUT2D eigenvalue weighted by Crippen LogP contribution is 2.30. The van der Waals surface area contributed by atoms with Crippen LogP contribution in [0, 0.1) is 5.92 Å². The third-order valence-corrected chi connectivity index (χ3v) is 4.30. The molecule has 19 heavy (non-hydrogen) atoms. The monoisotopic (exact) mass is 323 g/mol. The molecule has 0 saturated carbocycles. The van der Waals surface area contributed by atoms with Crippen LogP contribution in [-0.2, 0) is 17.6 Å². The normalized spacial score (nSPS) is 15.7. The van der Waals surface area contributed by atoms with Crippen molar-refractivity contribution in [3.05, 3.63) is 29.3 Å². The summed E-state index contributed by atoms with van der Waals surface area (Å²) in [5.74, 6) is 0.858. The fourth-order valence-electron chi connectivity index (χ4n) is 2.76. The van der Waals surface area contributed by atoms with Crippen molar-refractivity contribution in [3.63, 3.8) is 0 Å². The molecule has 1 aliphatic rings. The zero-order valence-electron chi connectivity index (χ0n) is 11.9. The van der Waals surface area contributed by atoms with Crippen LogP contribution < -0.4 is 4.90 Å². The maximum absolute atomic E-state index is 11.5. The summed E-state index contributed by atoms with van der Waals surface area (Å²) in [6.07, 6.45) is 3.24. The topological polar surface area (TPSA) is 20.3 Å².